The van der Waals surface area contributed by atoms with E-state index in [0.29, 0.717) is 23.7 Å². The third-order valence-corrected chi connectivity index (χ3v) is 4.49. The lowest BCUT2D eigenvalue weighted by atomic mass is 10.0. The molecule has 1 amide bonds. The number of carbonyl (C=O) groups excluding carboxylic acids is 1. The molecule has 0 bridgehead atoms. The van der Waals surface area contributed by atoms with Crippen LogP contribution < -0.4 is 10.6 Å². The molecule has 6 nitrogen and oxygen atoms in total. The van der Waals surface area contributed by atoms with Crippen molar-refractivity contribution in [2.75, 3.05) is 7.05 Å². The molecule has 0 spiro atoms. The number of halogens is 2. The van der Waals surface area contributed by atoms with Crippen molar-refractivity contribution in [2.24, 2.45) is 5.92 Å². The maximum Gasteiger partial charge on any atom is 0.253 e. The van der Waals surface area contributed by atoms with E-state index in [1.165, 1.54) is 0 Å². The first-order valence-electron chi connectivity index (χ1n) is 7.97. The molecule has 8 heteroatoms. The van der Waals surface area contributed by atoms with Crippen molar-refractivity contribution < 1.29 is 9.32 Å². The fraction of sp³-hybridized carbons (Fsp3) is 0.471. The highest BCUT2D eigenvalue weighted by Gasteiger charge is 2.25. The minimum Gasteiger partial charge on any atom is -0.340 e. The van der Waals surface area contributed by atoms with Gasteiger partial charge in [0, 0.05) is 16.9 Å². The highest BCUT2D eigenvalue weighted by atomic mass is 79.9. The minimum absolute atomic E-state index is 0. The minimum atomic E-state index is -0.337. The van der Waals surface area contributed by atoms with Crippen LogP contribution in [-0.2, 0) is 6.42 Å². The zero-order valence-corrected chi connectivity index (χ0v) is 17.1. The molecular formula is C17H24BrClN4O2. The number of likely N-dealkylation sites (N-methyl/N-ethyl adjacent to an activating group) is 1. The summed E-state index contributed by atoms with van der Waals surface area (Å²) in [5, 5.41) is 10.1. The monoisotopic (exact) mass is 430 g/mol. The smallest absolute Gasteiger partial charge is 0.253 e. The third-order valence-electron chi connectivity index (χ3n) is 3.80. The first-order valence-corrected chi connectivity index (χ1v) is 8.76. The predicted molar refractivity (Wildman–Crippen MR) is 103 cm³/mol. The van der Waals surface area contributed by atoms with Crippen LogP contribution in [0.4, 0.5) is 0 Å². The number of amides is 1. The summed E-state index contributed by atoms with van der Waals surface area (Å²) in [5.74, 6) is 1.01. The van der Waals surface area contributed by atoms with Crippen molar-refractivity contribution in [3.63, 3.8) is 0 Å². The Morgan fingerprint density at radius 1 is 1.28 bits per heavy atom. The summed E-state index contributed by atoms with van der Waals surface area (Å²) in [4.78, 5) is 17.0. The van der Waals surface area contributed by atoms with Crippen molar-refractivity contribution >= 4 is 34.2 Å². The van der Waals surface area contributed by atoms with E-state index in [2.05, 4.69) is 36.7 Å². The van der Waals surface area contributed by atoms with E-state index < -0.39 is 0 Å². The third kappa shape index (κ3) is 5.80. The Morgan fingerprint density at radius 2 is 1.96 bits per heavy atom. The van der Waals surface area contributed by atoms with Crippen LogP contribution in [0.25, 0.3) is 0 Å². The fourth-order valence-electron chi connectivity index (χ4n) is 2.23. The Balaban J connectivity index is 0.00000312. The number of hydrogen-bond donors (Lipinski definition) is 2. The number of benzene rings is 1. The maximum atomic E-state index is 12.5. The topological polar surface area (TPSA) is 80.0 Å². The lowest BCUT2D eigenvalue weighted by molar-refractivity contribution is 0.0913. The Morgan fingerprint density at radius 3 is 2.56 bits per heavy atom. The lowest BCUT2D eigenvalue weighted by Gasteiger charge is -2.19. The predicted octanol–water partition coefficient (Wildman–Crippen LogP) is 3.53. The number of nitrogens with zero attached hydrogens (tertiary/aromatic N) is 2. The standard InChI is InChI=1S/C17H23BrN4O2.ClH/c1-10(2)15(17-20-14(22-24-17)9-11(3)19-4)21-16(23)12-7-5-6-8-13(12)18;/h5-8,10-11,15,19H,9H2,1-4H3,(H,21,23);1H. The summed E-state index contributed by atoms with van der Waals surface area (Å²) < 4.78 is 6.13. The van der Waals surface area contributed by atoms with Crippen LogP contribution >= 0.6 is 28.3 Å². The van der Waals surface area contributed by atoms with E-state index in [4.69, 9.17) is 4.52 Å². The Hall–Kier alpha value is -1.44. The van der Waals surface area contributed by atoms with Crippen molar-refractivity contribution in [3.8, 4) is 0 Å². The van der Waals surface area contributed by atoms with Crippen LogP contribution in [0.5, 0.6) is 0 Å². The summed E-state index contributed by atoms with van der Waals surface area (Å²) >= 11 is 3.40. The van der Waals surface area contributed by atoms with Gasteiger partial charge in [-0.2, -0.15) is 4.98 Å². The van der Waals surface area contributed by atoms with Gasteiger partial charge in [-0.15, -0.1) is 12.4 Å². The molecule has 0 radical (unpaired) electrons. The van der Waals surface area contributed by atoms with Gasteiger partial charge in [-0.05, 0) is 48.0 Å². The molecule has 0 fully saturated rings. The number of aromatic nitrogens is 2. The SMILES string of the molecule is CNC(C)Cc1noc(C(NC(=O)c2ccccc2Br)C(C)C)n1.Cl. The molecule has 2 rings (SSSR count). The van der Waals surface area contributed by atoms with E-state index in [0.717, 1.165) is 4.47 Å². The molecule has 0 aliphatic heterocycles. The second kappa shape index (κ2) is 9.89. The molecule has 1 heterocycles. The number of nitrogens with one attached hydrogen (secondary N) is 2. The van der Waals surface area contributed by atoms with Crippen LogP contribution in [0.15, 0.2) is 33.3 Å². The molecule has 2 aromatic rings. The van der Waals surface area contributed by atoms with Gasteiger partial charge in [0.15, 0.2) is 5.82 Å². The van der Waals surface area contributed by atoms with Crippen molar-refractivity contribution in [1.82, 2.24) is 20.8 Å². The van der Waals surface area contributed by atoms with Gasteiger partial charge in [-0.25, -0.2) is 0 Å². The molecule has 0 aliphatic rings. The van der Waals surface area contributed by atoms with Gasteiger partial charge in [0.1, 0.15) is 6.04 Å². The van der Waals surface area contributed by atoms with E-state index >= 15 is 0 Å². The molecule has 2 atom stereocenters. The van der Waals surface area contributed by atoms with E-state index in [-0.39, 0.29) is 36.3 Å². The summed E-state index contributed by atoms with van der Waals surface area (Å²) in [6.45, 7) is 6.06. The van der Waals surface area contributed by atoms with Gasteiger partial charge in [-0.1, -0.05) is 31.1 Å². The lowest BCUT2D eigenvalue weighted by Crippen LogP contribution is -2.32. The Labute approximate surface area is 162 Å². The summed E-state index contributed by atoms with van der Waals surface area (Å²) in [7, 11) is 1.89. The van der Waals surface area contributed by atoms with E-state index in [1.807, 2.05) is 46.0 Å². The van der Waals surface area contributed by atoms with Crippen LogP contribution in [0, 0.1) is 5.92 Å². The van der Waals surface area contributed by atoms with Gasteiger partial charge in [0.2, 0.25) is 5.89 Å². The van der Waals surface area contributed by atoms with Gasteiger partial charge in [0.25, 0.3) is 5.91 Å². The average Bonchev–Trinajstić information content (AvgIpc) is 3.00. The molecule has 0 saturated heterocycles. The second-order valence-corrected chi connectivity index (χ2v) is 6.97. The second-order valence-electron chi connectivity index (χ2n) is 6.12. The van der Waals surface area contributed by atoms with Crippen molar-refractivity contribution in [2.45, 2.75) is 39.3 Å². The van der Waals surface area contributed by atoms with Crippen LogP contribution in [-0.4, -0.2) is 29.1 Å². The van der Waals surface area contributed by atoms with Crippen LogP contribution in [0.2, 0.25) is 0 Å². The van der Waals surface area contributed by atoms with E-state index in [9.17, 15) is 4.79 Å². The molecule has 0 saturated carbocycles. The quantitative estimate of drug-likeness (QED) is 0.701. The van der Waals surface area contributed by atoms with Crippen molar-refractivity contribution in [3.05, 3.63) is 46.0 Å². The zero-order valence-electron chi connectivity index (χ0n) is 14.7. The molecule has 25 heavy (non-hydrogen) atoms. The number of hydrogen-bond acceptors (Lipinski definition) is 5. The van der Waals surface area contributed by atoms with E-state index in [1.54, 1.807) is 6.07 Å². The highest BCUT2D eigenvalue weighted by molar-refractivity contribution is 9.10. The Bertz CT molecular complexity index is 693. The first kappa shape index (κ1) is 21.6. The Kier molecular flexibility index (Phi) is 8.55. The molecule has 2 N–H and O–H groups in total. The number of carbonyl (C=O) groups is 1. The molecular weight excluding hydrogens is 408 g/mol. The van der Waals surface area contributed by atoms with Gasteiger partial charge in [0.05, 0.1) is 5.56 Å². The summed E-state index contributed by atoms with van der Waals surface area (Å²) in [5.41, 5.74) is 0.576. The maximum absolute atomic E-state index is 12.5. The average molecular weight is 432 g/mol. The largest absolute Gasteiger partial charge is 0.340 e. The zero-order chi connectivity index (χ0) is 17.7. The van der Waals surface area contributed by atoms with Gasteiger partial charge >= 0.3 is 0 Å². The summed E-state index contributed by atoms with van der Waals surface area (Å²) in [6.07, 6.45) is 0.670. The highest BCUT2D eigenvalue weighted by Crippen LogP contribution is 2.23. The molecule has 138 valence electrons. The van der Waals surface area contributed by atoms with Crippen LogP contribution in [0.1, 0.15) is 48.9 Å². The molecule has 1 aromatic carbocycles. The van der Waals surface area contributed by atoms with Crippen molar-refractivity contribution in [1.29, 1.82) is 0 Å². The van der Waals surface area contributed by atoms with Gasteiger partial charge in [-0.3, -0.25) is 4.79 Å². The normalized spacial score (nSPS) is 13.2. The first-order chi connectivity index (χ1) is 11.4. The molecule has 0 aliphatic carbocycles. The summed E-state index contributed by atoms with van der Waals surface area (Å²) in [6, 6.07) is 7.22. The molecule has 2 unspecified atom stereocenters. The fourth-order valence-corrected chi connectivity index (χ4v) is 2.70. The van der Waals surface area contributed by atoms with Gasteiger partial charge < -0.3 is 15.2 Å². The molecule has 1 aromatic heterocycles. The number of rotatable bonds is 7. The van der Waals surface area contributed by atoms with Crippen LogP contribution in [0.3, 0.4) is 0 Å².